The molecule has 1 aliphatic carbocycles. The predicted octanol–water partition coefficient (Wildman–Crippen LogP) is 7.38. The number of benzene rings is 3. The largest absolute Gasteiger partial charge is 0.340 e. The van der Waals surface area contributed by atoms with Gasteiger partial charge in [0.25, 0.3) is 0 Å². The van der Waals surface area contributed by atoms with Gasteiger partial charge in [-0.25, -0.2) is 9.98 Å². The molecule has 0 radical (unpaired) electrons. The van der Waals surface area contributed by atoms with Gasteiger partial charge in [-0.2, -0.15) is 0 Å². The Morgan fingerprint density at radius 2 is 1.24 bits per heavy atom. The summed E-state index contributed by atoms with van der Waals surface area (Å²) in [6.07, 6.45) is 4.78. The first-order valence-corrected chi connectivity index (χ1v) is 12.2. The maximum Gasteiger partial charge on any atom is 0.163 e. The fourth-order valence-electron chi connectivity index (χ4n) is 3.96. The summed E-state index contributed by atoms with van der Waals surface area (Å²) in [4.78, 5) is 15.4. The number of nitrogens with one attached hydrogen (secondary N) is 1. The predicted molar refractivity (Wildman–Crippen MR) is 145 cm³/mol. The van der Waals surface area contributed by atoms with Crippen molar-refractivity contribution in [1.29, 1.82) is 0 Å². The second-order valence-corrected chi connectivity index (χ2v) is 9.76. The van der Waals surface area contributed by atoms with Crippen LogP contribution >= 0.6 is 0 Å². The molecule has 1 aliphatic rings. The zero-order valence-electron chi connectivity index (χ0n) is 20.4. The molecule has 4 heteroatoms. The van der Waals surface area contributed by atoms with Gasteiger partial charge in [-0.05, 0) is 25.0 Å². The van der Waals surface area contributed by atoms with E-state index in [1.54, 1.807) is 0 Å². The van der Waals surface area contributed by atoms with E-state index in [9.17, 15) is 0 Å². The van der Waals surface area contributed by atoms with E-state index in [1.165, 1.54) is 12.8 Å². The number of aliphatic imine (C=N–C) groups is 3. The van der Waals surface area contributed by atoms with Crippen molar-refractivity contribution >= 4 is 23.2 Å². The van der Waals surface area contributed by atoms with Crippen molar-refractivity contribution in [1.82, 2.24) is 0 Å². The minimum absolute atomic E-state index is 0.183. The molecule has 0 amide bonds. The van der Waals surface area contributed by atoms with Gasteiger partial charge in [0.05, 0.1) is 6.04 Å². The monoisotopic (exact) mass is 450 g/mol. The van der Waals surface area contributed by atoms with Gasteiger partial charge in [0.2, 0.25) is 0 Å². The van der Waals surface area contributed by atoms with Crippen LogP contribution < -0.4 is 5.32 Å². The van der Waals surface area contributed by atoms with E-state index in [4.69, 9.17) is 15.0 Å². The fourth-order valence-corrected chi connectivity index (χ4v) is 3.96. The van der Waals surface area contributed by atoms with Crippen molar-refractivity contribution in [3.8, 4) is 0 Å². The van der Waals surface area contributed by atoms with Crippen LogP contribution in [0.5, 0.6) is 0 Å². The van der Waals surface area contributed by atoms with E-state index < -0.39 is 0 Å². The first-order valence-electron chi connectivity index (χ1n) is 12.2. The fraction of sp³-hybridized carbons (Fsp3) is 0.300. The van der Waals surface area contributed by atoms with Crippen LogP contribution in [0.15, 0.2) is 106 Å². The third-order valence-corrected chi connectivity index (χ3v) is 5.85. The zero-order chi connectivity index (χ0) is 23.8. The minimum Gasteiger partial charge on any atom is -0.340 e. The van der Waals surface area contributed by atoms with Gasteiger partial charge in [0.1, 0.15) is 11.7 Å². The molecule has 174 valence electrons. The molecule has 0 spiro atoms. The molecule has 0 saturated heterocycles. The molecular weight excluding hydrogens is 416 g/mol. The van der Waals surface area contributed by atoms with Crippen LogP contribution in [-0.2, 0) is 0 Å². The van der Waals surface area contributed by atoms with E-state index in [2.05, 4.69) is 50.4 Å². The lowest BCUT2D eigenvalue weighted by Gasteiger charge is -2.20. The van der Waals surface area contributed by atoms with Crippen LogP contribution in [0, 0.1) is 5.41 Å². The average Bonchev–Trinajstić information content (AvgIpc) is 3.37. The van der Waals surface area contributed by atoms with Gasteiger partial charge >= 0.3 is 0 Å². The highest BCUT2D eigenvalue weighted by atomic mass is 15.1. The van der Waals surface area contributed by atoms with Gasteiger partial charge in [-0.1, -0.05) is 112 Å². The molecule has 3 aromatic rings. The summed E-state index contributed by atoms with van der Waals surface area (Å²) < 4.78 is 0. The Bertz CT molecular complexity index is 1130. The topological polar surface area (TPSA) is 49.1 Å². The first-order chi connectivity index (χ1) is 16.5. The summed E-state index contributed by atoms with van der Waals surface area (Å²) in [6, 6.07) is 30.9. The summed E-state index contributed by atoms with van der Waals surface area (Å²) in [7, 11) is 0. The number of hydrogen-bond donors (Lipinski definition) is 1. The Morgan fingerprint density at radius 3 is 1.79 bits per heavy atom. The Hall–Kier alpha value is -3.53. The van der Waals surface area contributed by atoms with Crippen LogP contribution in [0.1, 0.15) is 57.6 Å². The van der Waals surface area contributed by atoms with Gasteiger partial charge in [0, 0.05) is 22.2 Å². The molecule has 0 heterocycles. The Morgan fingerprint density at radius 1 is 0.706 bits per heavy atom. The van der Waals surface area contributed by atoms with E-state index >= 15 is 0 Å². The van der Waals surface area contributed by atoms with Gasteiger partial charge in [-0.15, -0.1) is 0 Å². The van der Waals surface area contributed by atoms with Crippen molar-refractivity contribution in [3.63, 3.8) is 0 Å². The highest BCUT2D eigenvalue weighted by Crippen LogP contribution is 2.26. The van der Waals surface area contributed by atoms with Gasteiger partial charge in [0.15, 0.2) is 5.84 Å². The van der Waals surface area contributed by atoms with Crippen LogP contribution in [0.3, 0.4) is 0 Å². The second kappa shape index (κ2) is 11.1. The van der Waals surface area contributed by atoms with Crippen molar-refractivity contribution in [2.45, 2.75) is 52.5 Å². The standard InChI is InChI=1S/C30H34N4/c1-30(2,3)29(32-26-21-13-14-22-26)34-28(24-17-9-5-10-18-24)33-27(23-15-7-4-8-16-23)31-25-19-11-6-12-20-25/h4-12,15-20,26H,13-14,21-22H2,1-3H3,(H,31,32,33,34). The molecule has 1 saturated carbocycles. The number of nitrogens with zero attached hydrogens (tertiary/aromatic N) is 3. The Labute approximate surface area is 203 Å². The molecule has 0 unspecified atom stereocenters. The SMILES string of the molecule is CC(C)(C)C(N=C(N=C(Nc1ccccc1)c1ccccc1)c1ccccc1)=NC1CCCC1. The third-order valence-electron chi connectivity index (χ3n) is 5.85. The number of anilines is 1. The zero-order valence-corrected chi connectivity index (χ0v) is 20.4. The number of amidine groups is 3. The number of rotatable bonds is 4. The summed E-state index contributed by atoms with van der Waals surface area (Å²) in [6.45, 7) is 6.53. The number of hydrogen-bond acceptors (Lipinski definition) is 1. The first kappa shape index (κ1) is 23.6. The highest BCUT2D eigenvalue weighted by Gasteiger charge is 2.23. The maximum absolute atomic E-state index is 5.13. The molecule has 0 atom stereocenters. The molecule has 1 fully saturated rings. The smallest absolute Gasteiger partial charge is 0.163 e. The molecule has 0 bridgehead atoms. The van der Waals surface area contributed by atoms with Crippen molar-refractivity contribution in [3.05, 3.63) is 102 Å². The van der Waals surface area contributed by atoms with E-state index in [0.717, 1.165) is 41.3 Å². The van der Waals surface area contributed by atoms with Crippen LogP contribution in [0.25, 0.3) is 0 Å². The van der Waals surface area contributed by atoms with E-state index in [0.29, 0.717) is 11.9 Å². The average molecular weight is 451 g/mol. The molecule has 0 aromatic heterocycles. The van der Waals surface area contributed by atoms with E-state index in [-0.39, 0.29) is 5.41 Å². The van der Waals surface area contributed by atoms with Crippen LogP contribution in [-0.4, -0.2) is 23.5 Å². The minimum atomic E-state index is -0.183. The van der Waals surface area contributed by atoms with Crippen molar-refractivity contribution in [2.75, 3.05) is 5.32 Å². The Balaban J connectivity index is 1.84. The van der Waals surface area contributed by atoms with Crippen molar-refractivity contribution in [2.24, 2.45) is 20.4 Å². The Kier molecular flexibility index (Phi) is 7.69. The molecule has 3 aromatic carbocycles. The maximum atomic E-state index is 5.13. The van der Waals surface area contributed by atoms with Crippen LogP contribution in [0.2, 0.25) is 0 Å². The van der Waals surface area contributed by atoms with E-state index in [1.807, 2.05) is 66.7 Å². The van der Waals surface area contributed by atoms with Crippen LogP contribution in [0.4, 0.5) is 5.69 Å². The van der Waals surface area contributed by atoms with Crippen molar-refractivity contribution < 1.29 is 0 Å². The van der Waals surface area contributed by atoms with Gasteiger partial charge in [-0.3, -0.25) is 4.99 Å². The molecule has 4 nitrogen and oxygen atoms in total. The quantitative estimate of drug-likeness (QED) is 0.327. The third kappa shape index (κ3) is 6.50. The molecular formula is C30H34N4. The lowest BCUT2D eigenvalue weighted by Crippen LogP contribution is -2.23. The summed E-state index contributed by atoms with van der Waals surface area (Å²) in [5, 5.41) is 3.51. The normalized spacial score (nSPS) is 16.0. The number of para-hydroxylation sites is 1. The molecule has 1 N–H and O–H groups in total. The lowest BCUT2D eigenvalue weighted by atomic mass is 9.94. The summed E-state index contributed by atoms with van der Waals surface area (Å²) >= 11 is 0. The second-order valence-electron chi connectivity index (χ2n) is 9.76. The molecule has 34 heavy (non-hydrogen) atoms. The molecule has 4 rings (SSSR count). The molecule has 0 aliphatic heterocycles. The highest BCUT2D eigenvalue weighted by molar-refractivity contribution is 6.18. The lowest BCUT2D eigenvalue weighted by molar-refractivity contribution is 0.570. The summed E-state index contributed by atoms with van der Waals surface area (Å²) in [5.41, 5.74) is 2.76. The van der Waals surface area contributed by atoms with Gasteiger partial charge < -0.3 is 5.32 Å². The summed E-state index contributed by atoms with van der Waals surface area (Å²) in [5.74, 6) is 2.27.